The number of phenolic OH excluding ortho intramolecular Hbond substituents is 1. The van der Waals surface area contributed by atoms with Crippen LogP contribution in [0.15, 0.2) is 35.1 Å². The Hall–Kier alpha value is -0.540. The summed E-state index contributed by atoms with van der Waals surface area (Å²) >= 11 is 3.60. The lowest BCUT2D eigenvalue weighted by Gasteiger charge is -2.07. The van der Waals surface area contributed by atoms with E-state index in [1.807, 2.05) is 12.1 Å². The third-order valence-corrected chi connectivity index (χ3v) is 4.09. The molecule has 0 aliphatic carbocycles. The first-order chi connectivity index (χ1) is 5.86. The molecule has 0 unspecified atom stereocenters. The highest BCUT2D eigenvalue weighted by atomic mass is 32.2. The van der Waals surface area contributed by atoms with E-state index in [4.69, 9.17) is 5.11 Å². The summed E-state index contributed by atoms with van der Waals surface area (Å²) in [6, 6.07) is 7.39. The molecule has 1 aromatic carbocycles. The van der Waals surface area contributed by atoms with Crippen molar-refractivity contribution >= 4 is 23.5 Å². The van der Waals surface area contributed by atoms with Crippen molar-refractivity contribution in [1.29, 1.82) is 0 Å². The first-order valence-electron chi connectivity index (χ1n) is 3.61. The fourth-order valence-electron chi connectivity index (χ4n) is 1.03. The Morgan fingerprint density at radius 3 is 2.17 bits per heavy atom. The van der Waals surface area contributed by atoms with Crippen molar-refractivity contribution in [2.24, 2.45) is 0 Å². The monoisotopic (exact) mass is 196 g/mol. The van der Waals surface area contributed by atoms with Crippen LogP contribution >= 0.6 is 23.5 Å². The summed E-state index contributed by atoms with van der Waals surface area (Å²) in [4.78, 5) is 0. The van der Waals surface area contributed by atoms with Crippen molar-refractivity contribution in [3.63, 3.8) is 0 Å². The molecule has 1 nitrogen and oxygen atoms in total. The summed E-state index contributed by atoms with van der Waals surface area (Å²) in [5.74, 6) is 0.333. The molecule has 62 valence electrons. The molecule has 3 heteroatoms. The third-order valence-electron chi connectivity index (χ3n) is 1.63. The van der Waals surface area contributed by atoms with Gasteiger partial charge in [-0.3, -0.25) is 0 Å². The predicted octanol–water partition coefficient (Wildman–Crippen LogP) is 3.34. The van der Waals surface area contributed by atoms with Gasteiger partial charge in [0, 0.05) is 0 Å². The lowest BCUT2D eigenvalue weighted by molar-refractivity contribution is 0.475. The highest BCUT2D eigenvalue weighted by Crippen LogP contribution is 2.46. The molecule has 0 atom stereocenters. The first-order valence-corrected chi connectivity index (χ1v) is 5.50. The lowest BCUT2D eigenvalue weighted by atomic mass is 10.2. The minimum atomic E-state index is 0.333. The van der Waals surface area contributed by atoms with Gasteiger partial charge in [-0.15, -0.1) is 23.5 Å². The fraction of sp³-hybridized carbons (Fsp3) is 0.111. The smallest absolute Gasteiger partial charge is 0.115 e. The number of benzene rings is 1. The summed E-state index contributed by atoms with van der Waals surface area (Å²) in [6.07, 6.45) is 0. The Bertz CT molecular complexity index is 284. The van der Waals surface area contributed by atoms with Crippen LogP contribution in [0.1, 0.15) is 10.1 Å². The Morgan fingerprint density at radius 2 is 1.58 bits per heavy atom. The predicted molar refractivity (Wildman–Crippen MR) is 55.2 cm³/mol. The van der Waals surface area contributed by atoms with Crippen LogP contribution in [-0.2, 0) is 0 Å². The van der Waals surface area contributed by atoms with E-state index in [0.29, 0.717) is 10.3 Å². The van der Waals surface area contributed by atoms with Crippen molar-refractivity contribution in [1.82, 2.24) is 0 Å². The van der Waals surface area contributed by atoms with Gasteiger partial charge < -0.3 is 5.11 Å². The quantitative estimate of drug-likeness (QED) is 0.744. The van der Waals surface area contributed by atoms with Gasteiger partial charge in [-0.1, -0.05) is 12.1 Å². The maximum Gasteiger partial charge on any atom is 0.115 e. The molecule has 1 heterocycles. The average molecular weight is 196 g/mol. The van der Waals surface area contributed by atoms with Gasteiger partial charge in [-0.05, 0) is 28.5 Å². The summed E-state index contributed by atoms with van der Waals surface area (Å²) in [6.45, 7) is 0. The second kappa shape index (κ2) is 3.46. The molecule has 0 radical (unpaired) electrons. The van der Waals surface area contributed by atoms with Crippen LogP contribution in [0.2, 0.25) is 0 Å². The second-order valence-electron chi connectivity index (χ2n) is 2.47. The van der Waals surface area contributed by atoms with Gasteiger partial charge in [0.1, 0.15) is 5.75 Å². The molecule has 12 heavy (non-hydrogen) atoms. The van der Waals surface area contributed by atoms with Gasteiger partial charge in [0.15, 0.2) is 0 Å². The highest BCUT2D eigenvalue weighted by molar-refractivity contribution is 8.21. The number of hydrogen-bond acceptors (Lipinski definition) is 3. The molecule has 1 N–H and O–H groups in total. The van der Waals surface area contributed by atoms with Crippen molar-refractivity contribution in [2.45, 2.75) is 4.58 Å². The Balaban J connectivity index is 2.18. The van der Waals surface area contributed by atoms with Crippen LogP contribution in [0.25, 0.3) is 0 Å². The first kappa shape index (κ1) is 8.08. The van der Waals surface area contributed by atoms with E-state index in [9.17, 15) is 0 Å². The zero-order valence-electron chi connectivity index (χ0n) is 6.31. The Labute approximate surface area is 79.9 Å². The normalized spacial score (nSPS) is 17.0. The molecule has 0 bridgehead atoms. The van der Waals surface area contributed by atoms with Crippen LogP contribution in [-0.4, -0.2) is 5.11 Å². The van der Waals surface area contributed by atoms with Crippen molar-refractivity contribution < 1.29 is 5.11 Å². The number of rotatable bonds is 1. The molecule has 1 aromatic rings. The molecular formula is C9H8OS2. The zero-order chi connectivity index (χ0) is 8.39. The van der Waals surface area contributed by atoms with Gasteiger partial charge in [-0.2, -0.15) is 0 Å². The number of thioether (sulfide) groups is 2. The third kappa shape index (κ3) is 1.62. The van der Waals surface area contributed by atoms with E-state index in [2.05, 4.69) is 10.8 Å². The van der Waals surface area contributed by atoms with E-state index in [-0.39, 0.29) is 0 Å². The maximum absolute atomic E-state index is 9.07. The molecule has 1 aliphatic rings. The van der Waals surface area contributed by atoms with Crippen LogP contribution in [0.4, 0.5) is 0 Å². The molecule has 0 aromatic heterocycles. The van der Waals surface area contributed by atoms with Gasteiger partial charge in [0.25, 0.3) is 0 Å². The van der Waals surface area contributed by atoms with Crippen molar-refractivity contribution in [3.8, 4) is 5.75 Å². The summed E-state index contributed by atoms with van der Waals surface area (Å²) in [5.41, 5.74) is 1.26. The molecule has 0 saturated heterocycles. The van der Waals surface area contributed by atoms with Crippen LogP contribution in [0, 0.1) is 0 Å². The van der Waals surface area contributed by atoms with Gasteiger partial charge >= 0.3 is 0 Å². The van der Waals surface area contributed by atoms with Gasteiger partial charge in [0.05, 0.1) is 4.58 Å². The summed E-state index contributed by atoms with van der Waals surface area (Å²) in [7, 11) is 0. The van der Waals surface area contributed by atoms with Crippen LogP contribution in [0.3, 0.4) is 0 Å². The SMILES string of the molecule is Oc1ccc(C2SC=CS2)cc1. The van der Waals surface area contributed by atoms with Crippen LogP contribution < -0.4 is 0 Å². The van der Waals surface area contributed by atoms with E-state index < -0.39 is 0 Å². The molecule has 0 saturated carbocycles. The van der Waals surface area contributed by atoms with E-state index in [1.54, 1.807) is 35.7 Å². The standard InChI is InChI=1S/C9H8OS2/c10-8-3-1-7(2-4-8)9-11-5-6-12-9/h1-6,9-10H. The topological polar surface area (TPSA) is 20.2 Å². The summed E-state index contributed by atoms with van der Waals surface area (Å²) in [5, 5.41) is 13.3. The molecule has 0 spiro atoms. The number of phenols is 1. The van der Waals surface area contributed by atoms with Gasteiger partial charge in [-0.25, -0.2) is 0 Å². The zero-order valence-corrected chi connectivity index (χ0v) is 7.94. The molecule has 2 rings (SSSR count). The highest BCUT2D eigenvalue weighted by Gasteiger charge is 2.13. The number of hydrogen-bond donors (Lipinski definition) is 1. The van der Waals surface area contributed by atoms with Crippen molar-refractivity contribution in [3.05, 3.63) is 40.6 Å². The van der Waals surface area contributed by atoms with Gasteiger partial charge in [0.2, 0.25) is 0 Å². The minimum Gasteiger partial charge on any atom is -0.508 e. The Morgan fingerprint density at radius 1 is 1.00 bits per heavy atom. The van der Waals surface area contributed by atoms with E-state index >= 15 is 0 Å². The van der Waals surface area contributed by atoms with Crippen LogP contribution in [0.5, 0.6) is 5.75 Å². The molecular weight excluding hydrogens is 188 g/mol. The molecule has 1 aliphatic heterocycles. The summed E-state index contributed by atoms with van der Waals surface area (Å²) < 4.78 is 0.477. The molecule has 0 fully saturated rings. The maximum atomic E-state index is 9.07. The second-order valence-corrected chi connectivity index (χ2v) is 4.80. The van der Waals surface area contributed by atoms with Crippen molar-refractivity contribution in [2.75, 3.05) is 0 Å². The molecule has 0 amide bonds. The fourth-order valence-corrected chi connectivity index (χ4v) is 3.10. The minimum absolute atomic E-state index is 0.333. The van der Waals surface area contributed by atoms with E-state index in [1.165, 1.54) is 5.56 Å². The average Bonchev–Trinajstić information content (AvgIpc) is 2.58. The number of aromatic hydroxyl groups is 1. The Kier molecular flexibility index (Phi) is 2.33. The lowest BCUT2D eigenvalue weighted by Crippen LogP contribution is -1.82. The largest absolute Gasteiger partial charge is 0.508 e. The van der Waals surface area contributed by atoms with E-state index in [0.717, 1.165) is 0 Å².